The second-order valence-corrected chi connectivity index (χ2v) is 3.60. The van der Waals surface area contributed by atoms with E-state index in [4.69, 9.17) is 0 Å². The number of benzene rings is 1. The molecule has 2 rings (SSSR count). The molecule has 0 N–H and O–H groups in total. The lowest BCUT2D eigenvalue weighted by Gasteiger charge is -2.08. The van der Waals surface area contributed by atoms with Crippen molar-refractivity contribution in [3.8, 4) is 0 Å². The van der Waals surface area contributed by atoms with Gasteiger partial charge in [-0.25, -0.2) is 4.39 Å². The second-order valence-electron chi connectivity index (χ2n) is 3.60. The molecule has 4 heteroatoms. The number of amides is 2. The molecule has 0 aliphatic carbocycles. The number of rotatable bonds is 1. The minimum Gasteiger partial charge on any atom is -0.285 e. The van der Waals surface area contributed by atoms with Gasteiger partial charge >= 0.3 is 0 Å². The summed E-state index contributed by atoms with van der Waals surface area (Å²) in [4.78, 5) is 24.0. The molecule has 1 atom stereocenters. The Balaban J connectivity index is 2.33. The van der Waals surface area contributed by atoms with Gasteiger partial charge in [0.25, 0.3) is 0 Å². The number of imide groups is 1. The van der Waals surface area contributed by atoms with Gasteiger partial charge in [-0.15, -0.1) is 0 Å². The second kappa shape index (κ2) is 3.46. The van der Waals surface area contributed by atoms with Gasteiger partial charge in [-0.3, -0.25) is 14.5 Å². The Morgan fingerprint density at radius 3 is 2.67 bits per heavy atom. The standard InChI is InChI=1S/C11H10FNO2/c1-13-10(14)6-9(11(13)15)7-3-2-4-8(12)5-7/h2-5,9H,6H2,1H3. The van der Waals surface area contributed by atoms with Crippen molar-refractivity contribution in [1.29, 1.82) is 0 Å². The van der Waals surface area contributed by atoms with Crippen molar-refractivity contribution in [2.45, 2.75) is 12.3 Å². The summed E-state index contributed by atoms with van der Waals surface area (Å²) >= 11 is 0. The Kier molecular flexibility index (Phi) is 2.26. The topological polar surface area (TPSA) is 37.4 Å². The highest BCUT2D eigenvalue weighted by molar-refractivity contribution is 6.05. The number of likely N-dealkylation sites (tertiary alicyclic amines) is 1. The van der Waals surface area contributed by atoms with Crippen LogP contribution in [0.25, 0.3) is 0 Å². The molecule has 2 amide bonds. The summed E-state index contributed by atoms with van der Waals surface area (Å²) in [6.07, 6.45) is 0.138. The number of likely N-dealkylation sites (N-methyl/N-ethyl adjacent to an activating group) is 1. The van der Waals surface area contributed by atoms with E-state index >= 15 is 0 Å². The van der Waals surface area contributed by atoms with Crippen molar-refractivity contribution in [2.75, 3.05) is 7.05 Å². The van der Waals surface area contributed by atoms with E-state index in [2.05, 4.69) is 0 Å². The number of hydrogen-bond donors (Lipinski definition) is 0. The summed E-state index contributed by atoms with van der Waals surface area (Å²) in [5.41, 5.74) is 0.567. The van der Waals surface area contributed by atoms with E-state index in [1.54, 1.807) is 12.1 Å². The number of halogens is 1. The summed E-state index contributed by atoms with van der Waals surface area (Å²) in [6.45, 7) is 0. The van der Waals surface area contributed by atoms with Gasteiger partial charge in [-0.2, -0.15) is 0 Å². The van der Waals surface area contributed by atoms with Gasteiger partial charge in [0.2, 0.25) is 11.8 Å². The average Bonchev–Trinajstić information content (AvgIpc) is 2.46. The average molecular weight is 207 g/mol. The minimum absolute atomic E-state index is 0.138. The summed E-state index contributed by atoms with van der Waals surface area (Å²) < 4.78 is 12.9. The van der Waals surface area contributed by atoms with Gasteiger partial charge in [0.1, 0.15) is 5.82 Å². The molecule has 3 nitrogen and oxygen atoms in total. The Bertz CT molecular complexity index is 430. The third-order valence-corrected chi connectivity index (χ3v) is 2.63. The quantitative estimate of drug-likeness (QED) is 0.651. The summed E-state index contributed by atoms with van der Waals surface area (Å²) in [5.74, 6) is -1.37. The molecule has 1 heterocycles. The summed E-state index contributed by atoms with van der Waals surface area (Å²) in [7, 11) is 1.45. The van der Waals surface area contributed by atoms with Crippen LogP contribution in [0.2, 0.25) is 0 Å². The highest BCUT2D eigenvalue weighted by Crippen LogP contribution is 2.28. The molecule has 0 spiro atoms. The van der Waals surface area contributed by atoms with Crippen LogP contribution < -0.4 is 0 Å². The number of hydrogen-bond acceptors (Lipinski definition) is 2. The largest absolute Gasteiger partial charge is 0.285 e. The number of nitrogens with zero attached hydrogens (tertiary/aromatic N) is 1. The van der Waals surface area contributed by atoms with E-state index in [-0.39, 0.29) is 24.1 Å². The van der Waals surface area contributed by atoms with Crippen LogP contribution in [0.3, 0.4) is 0 Å². The molecule has 15 heavy (non-hydrogen) atoms. The molecule has 1 aliphatic heterocycles. The minimum atomic E-state index is -0.516. The third-order valence-electron chi connectivity index (χ3n) is 2.63. The lowest BCUT2D eigenvalue weighted by atomic mass is 9.98. The lowest BCUT2D eigenvalue weighted by molar-refractivity contribution is -0.137. The maximum absolute atomic E-state index is 12.9. The van der Waals surface area contributed by atoms with Crippen LogP contribution in [0, 0.1) is 5.82 Å². The van der Waals surface area contributed by atoms with Crippen molar-refractivity contribution in [3.05, 3.63) is 35.6 Å². The molecule has 1 aromatic carbocycles. The molecule has 1 aromatic rings. The fourth-order valence-corrected chi connectivity index (χ4v) is 1.74. The van der Waals surface area contributed by atoms with Crippen molar-refractivity contribution in [1.82, 2.24) is 4.90 Å². The van der Waals surface area contributed by atoms with Crippen LogP contribution in [0.1, 0.15) is 17.9 Å². The van der Waals surface area contributed by atoms with Crippen LogP contribution in [-0.4, -0.2) is 23.8 Å². The van der Waals surface area contributed by atoms with E-state index in [1.807, 2.05) is 0 Å². The molecule has 0 bridgehead atoms. The highest BCUT2D eigenvalue weighted by Gasteiger charge is 2.36. The molecule has 1 aliphatic rings. The smallest absolute Gasteiger partial charge is 0.236 e. The summed E-state index contributed by atoms with van der Waals surface area (Å²) in [5, 5.41) is 0. The fourth-order valence-electron chi connectivity index (χ4n) is 1.74. The van der Waals surface area contributed by atoms with E-state index in [1.165, 1.54) is 19.2 Å². The van der Waals surface area contributed by atoms with Gasteiger partial charge in [0.05, 0.1) is 5.92 Å². The summed E-state index contributed by atoms with van der Waals surface area (Å²) in [6, 6.07) is 5.82. The molecule has 1 saturated heterocycles. The van der Waals surface area contributed by atoms with Gasteiger partial charge < -0.3 is 0 Å². The zero-order chi connectivity index (χ0) is 11.0. The van der Waals surface area contributed by atoms with Crippen LogP contribution in [-0.2, 0) is 9.59 Å². The first kappa shape index (κ1) is 9.83. The normalized spacial score (nSPS) is 21.2. The van der Waals surface area contributed by atoms with Gasteiger partial charge in [0.15, 0.2) is 0 Å². The molecule has 1 fully saturated rings. The predicted octanol–water partition coefficient (Wildman–Crippen LogP) is 1.30. The zero-order valence-corrected chi connectivity index (χ0v) is 8.24. The van der Waals surface area contributed by atoms with Crippen LogP contribution >= 0.6 is 0 Å². The van der Waals surface area contributed by atoms with Gasteiger partial charge in [0, 0.05) is 13.5 Å². The number of carbonyl (C=O) groups is 2. The maximum Gasteiger partial charge on any atom is 0.236 e. The molecule has 0 radical (unpaired) electrons. The first-order valence-electron chi connectivity index (χ1n) is 4.65. The van der Waals surface area contributed by atoms with E-state index in [0.717, 1.165) is 4.90 Å². The van der Waals surface area contributed by atoms with Crippen LogP contribution in [0.4, 0.5) is 4.39 Å². The van der Waals surface area contributed by atoms with Crippen molar-refractivity contribution in [3.63, 3.8) is 0 Å². The highest BCUT2D eigenvalue weighted by atomic mass is 19.1. The molecular formula is C11H10FNO2. The predicted molar refractivity (Wildman–Crippen MR) is 51.5 cm³/mol. The van der Waals surface area contributed by atoms with Gasteiger partial charge in [-0.05, 0) is 17.7 Å². The zero-order valence-electron chi connectivity index (χ0n) is 8.24. The van der Waals surface area contributed by atoms with Crippen molar-refractivity contribution < 1.29 is 14.0 Å². The monoisotopic (exact) mass is 207 g/mol. The lowest BCUT2D eigenvalue weighted by Crippen LogP contribution is -2.25. The first-order valence-corrected chi connectivity index (χ1v) is 4.65. The van der Waals surface area contributed by atoms with Crippen molar-refractivity contribution >= 4 is 11.8 Å². The van der Waals surface area contributed by atoms with E-state index < -0.39 is 5.92 Å². The molecular weight excluding hydrogens is 197 g/mol. The molecule has 0 aromatic heterocycles. The SMILES string of the molecule is CN1C(=O)CC(c2cccc(F)c2)C1=O. The molecule has 0 saturated carbocycles. The Morgan fingerprint density at radius 2 is 2.13 bits per heavy atom. The van der Waals surface area contributed by atoms with Crippen LogP contribution in [0.15, 0.2) is 24.3 Å². The Morgan fingerprint density at radius 1 is 1.40 bits per heavy atom. The molecule has 1 unspecified atom stereocenters. The Hall–Kier alpha value is -1.71. The van der Waals surface area contributed by atoms with Gasteiger partial charge in [-0.1, -0.05) is 12.1 Å². The Labute approximate surface area is 86.5 Å². The van der Waals surface area contributed by atoms with E-state index in [9.17, 15) is 14.0 Å². The molecule has 78 valence electrons. The van der Waals surface area contributed by atoms with Crippen LogP contribution in [0.5, 0.6) is 0 Å². The number of carbonyl (C=O) groups excluding carboxylic acids is 2. The third kappa shape index (κ3) is 1.63. The maximum atomic E-state index is 12.9. The van der Waals surface area contributed by atoms with Crippen molar-refractivity contribution in [2.24, 2.45) is 0 Å². The van der Waals surface area contributed by atoms with E-state index in [0.29, 0.717) is 5.56 Å². The fraction of sp³-hybridized carbons (Fsp3) is 0.273. The first-order chi connectivity index (χ1) is 7.09.